The van der Waals surface area contributed by atoms with Crippen molar-refractivity contribution in [1.29, 1.82) is 0 Å². The molecule has 122 valence electrons. The average molecular weight is 338 g/mol. The normalized spacial score (nSPS) is 16.7. The second kappa shape index (κ2) is 6.17. The summed E-state index contributed by atoms with van der Waals surface area (Å²) in [6, 6.07) is 12.9. The Morgan fingerprint density at radius 3 is 2.50 bits per heavy atom. The van der Waals surface area contributed by atoms with Gasteiger partial charge in [-0.15, -0.1) is 0 Å². The molecule has 1 saturated heterocycles. The Balaban J connectivity index is 2.06. The number of thioether (sulfide) groups is 1. The number of rotatable bonds is 2. The number of benzene rings is 2. The average Bonchev–Trinajstić information content (AvgIpc) is 2.84. The minimum Gasteiger partial charge on any atom is -0.399 e. The van der Waals surface area contributed by atoms with Gasteiger partial charge in [0.05, 0.1) is 10.6 Å². The molecule has 2 aromatic carbocycles. The van der Waals surface area contributed by atoms with Crippen LogP contribution >= 0.6 is 11.8 Å². The molecule has 2 N–H and O–H groups in total. The van der Waals surface area contributed by atoms with Crippen LogP contribution in [0.5, 0.6) is 0 Å². The van der Waals surface area contributed by atoms with Crippen LogP contribution < -0.4 is 10.6 Å². The molecule has 0 bridgehead atoms. The van der Waals surface area contributed by atoms with Gasteiger partial charge in [0.2, 0.25) is 0 Å². The van der Waals surface area contributed by atoms with E-state index in [-0.39, 0.29) is 11.1 Å². The van der Waals surface area contributed by atoms with Crippen molar-refractivity contribution in [2.75, 3.05) is 10.6 Å². The number of hydrogen-bond acceptors (Lipinski definition) is 4. The zero-order chi connectivity index (χ0) is 17.4. The Bertz CT molecular complexity index is 887. The van der Waals surface area contributed by atoms with E-state index in [1.807, 2.05) is 45.0 Å². The smallest absolute Gasteiger partial charge is 0.298 e. The van der Waals surface area contributed by atoms with Crippen LogP contribution in [0, 0.1) is 13.8 Å². The Hall–Kier alpha value is -2.53. The molecular weight excluding hydrogens is 320 g/mol. The van der Waals surface area contributed by atoms with Crippen molar-refractivity contribution < 1.29 is 9.59 Å². The lowest BCUT2D eigenvalue weighted by Gasteiger charge is -2.16. The van der Waals surface area contributed by atoms with Gasteiger partial charge in [-0.05, 0) is 73.0 Å². The first kappa shape index (κ1) is 16.3. The fourth-order valence-corrected chi connectivity index (χ4v) is 3.58. The number of nitrogens with zero attached hydrogens (tertiary/aromatic N) is 1. The topological polar surface area (TPSA) is 63.4 Å². The van der Waals surface area contributed by atoms with Crippen LogP contribution in [0.15, 0.2) is 47.4 Å². The fourth-order valence-electron chi connectivity index (χ4n) is 2.69. The van der Waals surface area contributed by atoms with Crippen molar-refractivity contribution in [1.82, 2.24) is 0 Å². The summed E-state index contributed by atoms with van der Waals surface area (Å²) in [6.45, 7) is 5.73. The number of nitrogen functional groups attached to an aromatic ring is 1. The molecule has 0 radical (unpaired) electrons. The number of allylic oxidation sites excluding steroid dienone is 1. The third kappa shape index (κ3) is 2.71. The molecule has 0 atom stereocenters. The van der Waals surface area contributed by atoms with E-state index in [1.165, 1.54) is 4.90 Å². The molecule has 3 rings (SSSR count). The highest BCUT2D eigenvalue weighted by Crippen LogP contribution is 2.40. The lowest BCUT2D eigenvalue weighted by atomic mass is 10.1. The van der Waals surface area contributed by atoms with Crippen LogP contribution in [0.3, 0.4) is 0 Å². The number of nitrogens with two attached hydrogens (primary N) is 1. The molecule has 1 aliphatic rings. The van der Waals surface area contributed by atoms with Gasteiger partial charge in [0.25, 0.3) is 11.1 Å². The first-order valence-electron chi connectivity index (χ1n) is 7.59. The van der Waals surface area contributed by atoms with Gasteiger partial charge < -0.3 is 5.73 Å². The van der Waals surface area contributed by atoms with Crippen LogP contribution in [-0.4, -0.2) is 11.1 Å². The SMILES string of the molecule is C/C(=C1/SC(=O)N(c2cccc(C)c2C)C1=O)c1cccc(N)c1. The highest BCUT2D eigenvalue weighted by molar-refractivity contribution is 8.19. The Morgan fingerprint density at radius 2 is 1.79 bits per heavy atom. The standard InChI is InChI=1S/C19H18N2O2S/c1-11-6-4-9-16(12(11)2)21-18(22)17(24-19(21)23)13(3)14-7-5-8-15(20)10-14/h4-10H,20H2,1-3H3/b17-13-. The van der Waals surface area contributed by atoms with E-state index in [4.69, 9.17) is 5.73 Å². The van der Waals surface area contributed by atoms with Gasteiger partial charge in [-0.1, -0.05) is 24.3 Å². The Kier molecular flexibility index (Phi) is 4.20. The van der Waals surface area contributed by atoms with E-state index < -0.39 is 0 Å². The molecule has 2 amide bonds. The van der Waals surface area contributed by atoms with Crippen LogP contribution in [0.1, 0.15) is 23.6 Å². The molecule has 24 heavy (non-hydrogen) atoms. The minimum absolute atomic E-state index is 0.271. The maximum Gasteiger partial charge on any atom is 0.298 e. The second-order valence-electron chi connectivity index (χ2n) is 5.81. The Labute approximate surface area is 145 Å². The van der Waals surface area contributed by atoms with E-state index in [1.54, 1.807) is 18.2 Å². The number of aryl methyl sites for hydroxylation is 1. The summed E-state index contributed by atoms with van der Waals surface area (Å²) in [5, 5.41) is -0.271. The fraction of sp³-hybridized carbons (Fsp3) is 0.158. The van der Waals surface area contributed by atoms with E-state index in [0.717, 1.165) is 34.0 Å². The molecule has 0 saturated carbocycles. The number of anilines is 2. The maximum absolute atomic E-state index is 12.9. The maximum atomic E-state index is 12.9. The van der Waals surface area contributed by atoms with Crippen LogP contribution in [0.25, 0.3) is 5.57 Å². The van der Waals surface area contributed by atoms with E-state index in [2.05, 4.69) is 0 Å². The lowest BCUT2D eigenvalue weighted by Crippen LogP contribution is -2.28. The predicted octanol–water partition coefficient (Wildman–Crippen LogP) is 4.52. The summed E-state index contributed by atoms with van der Waals surface area (Å²) in [5.74, 6) is -0.279. The third-order valence-corrected chi connectivity index (χ3v) is 5.29. The van der Waals surface area contributed by atoms with Gasteiger partial charge in [-0.2, -0.15) is 0 Å². The molecule has 1 aliphatic heterocycles. The van der Waals surface area contributed by atoms with Crippen molar-refractivity contribution in [2.45, 2.75) is 20.8 Å². The van der Waals surface area contributed by atoms with Crippen molar-refractivity contribution in [3.63, 3.8) is 0 Å². The van der Waals surface area contributed by atoms with Crippen molar-refractivity contribution in [3.8, 4) is 0 Å². The second-order valence-corrected chi connectivity index (χ2v) is 6.77. The zero-order valence-electron chi connectivity index (χ0n) is 13.8. The Morgan fingerprint density at radius 1 is 1.08 bits per heavy atom. The molecule has 5 heteroatoms. The monoisotopic (exact) mass is 338 g/mol. The van der Waals surface area contributed by atoms with Crippen LogP contribution in [0.2, 0.25) is 0 Å². The number of carbonyl (C=O) groups excluding carboxylic acids is 2. The number of amides is 2. The first-order chi connectivity index (χ1) is 11.4. The summed E-state index contributed by atoms with van der Waals surface area (Å²) >= 11 is 0.976. The van der Waals surface area contributed by atoms with Gasteiger partial charge >= 0.3 is 0 Å². The quantitative estimate of drug-likeness (QED) is 0.646. The van der Waals surface area contributed by atoms with Gasteiger partial charge in [-0.25, -0.2) is 4.90 Å². The van der Waals surface area contributed by atoms with E-state index in [0.29, 0.717) is 16.3 Å². The molecule has 0 spiro atoms. The largest absolute Gasteiger partial charge is 0.399 e. The number of carbonyl (C=O) groups is 2. The first-order valence-corrected chi connectivity index (χ1v) is 8.41. The van der Waals surface area contributed by atoms with Gasteiger partial charge in [0.1, 0.15) is 0 Å². The zero-order valence-corrected chi connectivity index (χ0v) is 14.6. The highest BCUT2D eigenvalue weighted by atomic mass is 32.2. The van der Waals surface area contributed by atoms with Crippen molar-refractivity contribution in [3.05, 3.63) is 64.1 Å². The number of hydrogen-bond donors (Lipinski definition) is 1. The summed E-state index contributed by atoms with van der Waals surface area (Å²) in [7, 11) is 0. The molecular formula is C19H18N2O2S. The molecule has 4 nitrogen and oxygen atoms in total. The highest BCUT2D eigenvalue weighted by Gasteiger charge is 2.38. The number of imide groups is 1. The predicted molar refractivity (Wildman–Crippen MR) is 99.8 cm³/mol. The molecule has 0 aliphatic carbocycles. The van der Waals surface area contributed by atoms with E-state index >= 15 is 0 Å². The summed E-state index contributed by atoms with van der Waals surface area (Å²) in [5.41, 5.74) is 10.7. The van der Waals surface area contributed by atoms with E-state index in [9.17, 15) is 9.59 Å². The summed E-state index contributed by atoms with van der Waals surface area (Å²) < 4.78 is 0. The van der Waals surface area contributed by atoms with Gasteiger partial charge in [0, 0.05) is 5.69 Å². The summed E-state index contributed by atoms with van der Waals surface area (Å²) in [6.07, 6.45) is 0. The molecule has 2 aromatic rings. The van der Waals surface area contributed by atoms with Gasteiger partial charge in [-0.3, -0.25) is 9.59 Å². The molecule has 1 fully saturated rings. The lowest BCUT2D eigenvalue weighted by molar-refractivity contribution is -0.113. The van der Waals surface area contributed by atoms with Gasteiger partial charge in [0.15, 0.2) is 0 Å². The van der Waals surface area contributed by atoms with Crippen molar-refractivity contribution >= 4 is 39.9 Å². The third-order valence-electron chi connectivity index (χ3n) is 4.25. The molecule has 0 aromatic heterocycles. The van der Waals surface area contributed by atoms with Crippen LogP contribution in [-0.2, 0) is 4.79 Å². The van der Waals surface area contributed by atoms with Crippen molar-refractivity contribution in [2.24, 2.45) is 0 Å². The minimum atomic E-state index is -0.279. The molecule has 0 unspecified atom stereocenters. The molecule has 1 heterocycles. The van der Waals surface area contributed by atoms with Crippen LogP contribution in [0.4, 0.5) is 16.2 Å². The summed E-state index contributed by atoms with van der Waals surface area (Å²) in [4.78, 5) is 27.1.